The number of thiophene rings is 2. The van der Waals surface area contributed by atoms with Gasteiger partial charge in [-0.15, -0.1) is 22.7 Å². The Hall–Kier alpha value is -0.910. The lowest BCUT2D eigenvalue weighted by molar-refractivity contribution is 0.340. The van der Waals surface area contributed by atoms with Crippen molar-refractivity contribution in [2.45, 2.75) is 31.3 Å². The van der Waals surface area contributed by atoms with Gasteiger partial charge in [0.2, 0.25) is 0 Å². The second kappa shape index (κ2) is 5.13. The minimum absolute atomic E-state index is 0.309. The molecule has 1 fully saturated rings. The van der Waals surface area contributed by atoms with Crippen molar-refractivity contribution in [3.8, 4) is 0 Å². The molecule has 1 saturated carbocycles. The molecule has 1 aliphatic carbocycles. The van der Waals surface area contributed by atoms with Crippen LogP contribution in [0.1, 0.15) is 34.2 Å². The first-order valence-corrected chi connectivity index (χ1v) is 9.16. The highest BCUT2D eigenvalue weighted by Crippen LogP contribution is 2.39. The Bertz CT molecular complexity index is 613. The highest BCUT2D eigenvalue weighted by molar-refractivity contribution is 7.80. The lowest BCUT2D eigenvalue weighted by atomic mass is 9.99. The molecule has 1 atom stereocenters. The predicted octanol–water partition coefficient (Wildman–Crippen LogP) is 3.79. The Labute approximate surface area is 132 Å². The summed E-state index contributed by atoms with van der Waals surface area (Å²) in [5.74, 6) is 0. The first kappa shape index (κ1) is 12.8. The molecule has 2 aromatic heterocycles. The van der Waals surface area contributed by atoms with Crippen LogP contribution in [-0.4, -0.2) is 22.6 Å². The van der Waals surface area contributed by atoms with Gasteiger partial charge in [0.05, 0.1) is 6.04 Å². The van der Waals surface area contributed by atoms with E-state index >= 15 is 0 Å². The minimum atomic E-state index is 0.309. The Morgan fingerprint density at radius 3 is 2.90 bits per heavy atom. The lowest BCUT2D eigenvalue weighted by Crippen LogP contribution is -2.46. The number of fused-ring (bicyclic) bond motifs is 1. The summed E-state index contributed by atoms with van der Waals surface area (Å²) in [5.41, 5.74) is 1.45. The van der Waals surface area contributed by atoms with E-state index in [4.69, 9.17) is 12.2 Å². The summed E-state index contributed by atoms with van der Waals surface area (Å²) >= 11 is 9.38. The van der Waals surface area contributed by atoms with Crippen molar-refractivity contribution in [2.24, 2.45) is 0 Å². The third-order valence-corrected chi connectivity index (χ3v) is 6.22. The maximum atomic E-state index is 5.67. The molecule has 4 rings (SSSR count). The summed E-state index contributed by atoms with van der Waals surface area (Å²) in [4.78, 5) is 5.30. The molecule has 0 bridgehead atoms. The molecular formula is C15H16N2S3. The van der Waals surface area contributed by atoms with Gasteiger partial charge in [0.1, 0.15) is 0 Å². The molecule has 3 heterocycles. The molecule has 0 aromatic carbocycles. The van der Waals surface area contributed by atoms with Gasteiger partial charge in [-0.3, -0.25) is 0 Å². The van der Waals surface area contributed by atoms with Crippen LogP contribution in [0.25, 0.3) is 0 Å². The first-order chi connectivity index (χ1) is 9.83. The zero-order chi connectivity index (χ0) is 13.5. The Morgan fingerprint density at radius 2 is 2.15 bits per heavy atom. The maximum Gasteiger partial charge on any atom is 0.169 e. The van der Waals surface area contributed by atoms with Crippen molar-refractivity contribution in [2.75, 3.05) is 6.54 Å². The van der Waals surface area contributed by atoms with Crippen LogP contribution >= 0.6 is 34.9 Å². The zero-order valence-electron chi connectivity index (χ0n) is 11.0. The molecule has 0 spiro atoms. The lowest BCUT2D eigenvalue weighted by Gasteiger charge is -2.37. The SMILES string of the molecule is S=C(NC1CC1)N1CCc2sccc2[C@@H]1c1cccs1. The van der Waals surface area contributed by atoms with Crippen molar-refractivity contribution < 1.29 is 0 Å². The average molecular weight is 321 g/mol. The molecule has 1 aliphatic heterocycles. The fourth-order valence-electron chi connectivity index (χ4n) is 2.77. The van der Waals surface area contributed by atoms with E-state index in [1.165, 1.54) is 28.2 Å². The molecule has 0 radical (unpaired) electrons. The molecule has 20 heavy (non-hydrogen) atoms. The van der Waals surface area contributed by atoms with Gasteiger partial charge in [-0.2, -0.15) is 0 Å². The summed E-state index contributed by atoms with van der Waals surface area (Å²) in [6.07, 6.45) is 3.64. The number of hydrogen-bond acceptors (Lipinski definition) is 3. The highest BCUT2D eigenvalue weighted by Gasteiger charge is 2.33. The van der Waals surface area contributed by atoms with Crippen molar-refractivity contribution >= 4 is 40.0 Å². The van der Waals surface area contributed by atoms with E-state index in [1.807, 2.05) is 22.7 Å². The molecular weight excluding hydrogens is 304 g/mol. The highest BCUT2D eigenvalue weighted by atomic mass is 32.1. The fourth-order valence-corrected chi connectivity index (χ4v) is 4.90. The van der Waals surface area contributed by atoms with Crippen LogP contribution in [0.15, 0.2) is 29.0 Å². The maximum absolute atomic E-state index is 5.67. The summed E-state index contributed by atoms with van der Waals surface area (Å²) in [7, 11) is 0. The van der Waals surface area contributed by atoms with Gasteiger partial charge in [0.15, 0.2) is 5.11 Å². The van der Waals surface area contributed by atoms with E-state index in [-0.39, 0.29) is 0 Å². The first-order valence-electron chi connectivity index (χ1n) is 7.00. The van der Waals surface area contributed by atoms with Gasteiger partial charge in [-0.1, -0.05) is 6.07 Å². The minimum Gasteiger partial charge on any atom is -0.360 e. The van der Waals surface area contributed by atoms with Crippen LogP contribution in [0.5, 0.6) is 0 Å². The van der Waals surface area contributed by atoms with Gasteiger partial charge in [-0.05, 0) is 59.9 Å². The van der Waals surface area contributed by atoms with E-state index in [0.29, 0.717) is 12.1 Å². The third-order valence-electron chi connectivity index (χ3n) is 3.94. The normalized spacial score (nSPS) is 21.6. The van der Waals surface area contributed by atoms with Gasteiger partial charge in [-0.25, -0.2) is 0 Å². The fraction of sp³-hybridized carbons (Fsp3) is 0.400. The number of hydrogen-bond donors (Lipinski definition) is 1. The second-order valence-electron chi connectivity index (χ2n) is 5.38. The quantitative estimate of drug-likeness (QED) is 0.848. The van der Waals surface area contributed by atoms with Crippen LogP contribution in [0.4, 0.5) is 0 Å². The topological polar surface area (TPSA) is 15.3 Å². The van der Waals surface area contributed by atoms with Crippen molar-refractivity contribution in [1.82, 2.24) is 10.2 Å². The Morgan fingerprint density at radius 1 is 1.25 bits per heavy atom. The molecule has 5 heteroatoms. The second-order valence-corrected chi connectivity index (χ2v) is 7.75. The molecule has 0 amide bonds. The summed E-state index contributed by atoms with van der Waals surface area (Å²) in [6.45, 7) is 1.02. The molecule has 2 aromatic rings. The number of thiocarbonyl (C=S) groups is 1. The zero-order valence-corrected chi connectivity index (χ0v) is 13.5. The van der Waals surface area contributed by atoms with Gasteiger partial charge < -0.3 is 10.2 Å². The number of nitrogens with zero attached hydrogens (tertiary/aromatic N) is 1. The van der Waals surface area contributed by atoms with Crippen LogP contribution < -0.4 is 5.32 Å². The van der Waals surface area contributed by atoms with Crippen molar-refractivity contribution in [3.63, 3.8) is 0 Å². The van der Waals surface area contributed by atoms with Gasteiger partial charge >= 0.3 is 0 Å². The molecule has 2 nitrogen and oxygen atoms in total. The van der Waals surface area contributed by atoms with Gasteiger partial charge in [0.25, 0.3) is 0 Å². The van der Waals surface area contributed by atoms with Crippen LogP contribution in [0, 0.1) is 0 Å². The van der Waals surface area contributed by atoms with Gasteiger partial charge in [0, 0.05) is 22.3 Å². The average Bonchev–Trinajstić information content (AvgIpc) is 2.97. The Kier molecular flexibility index (Phi) is 3.28. The van der Waals surface area contributed by atoms with Crippen molar-refractivity contribution in [3.05, 3.63) is 44.3 Å². The Balaban J connectivity index is 1.69. The molecule has 0 saturated heterocycles. The van der Waals surface area contributed by atoms with Crippen LogP contribution in [0.3, 0.4) is 0 Å². The summed E-state index contributed by atoms with van der Waals surface area (Å²) in [5, 5.41) is 8.81. The van der Waals surface area contributed by atoms with E-state index in [2.05, 4.69) is 39.2 Å². The molecule has 0 unspecified atom stereocenters. The molecule has 1 N–H and O–H groups in total. The van der Waals surface area contributed by atoms with E-state index < -0.39 is 0 Å². The van der Waals surface area contributed by atoms with Crippen molar-refractivity contribution in [1.29, 1.82) is 0 Å². The number of nitrogens with one attached hydrogen (secondary N) is 1. The largest absolute Gasteiger partial charge is 0.360 e. The summed E-state index contributed by atoms with van der Waals surface area (Å²) in [6, 6.07) is 7.57. The number of rotatable bonds is 2. The van der Waals surface area contributed by atoms with Crippen LogP contribution in [-0.2, 0) is 6.42 Å². The predicted molar refractivity (Wildman–Crippen MR) is 89.6 cm³/mol. The monoisotopic (exact) mass is 320 g/mol. The molecule has 2 aliphatic rings. The van der Waals surface area contributed by atoms with E-state index in [9.17, 15) is 0 Å². The summed E-state index contributed by atoms with van der Waals surface area (Å²) < 4.78 is 0. The third kappa shape index (κ3) is 2.28. The molecule has 104 valence electrons. The van der Waals surface area contributed by atoms with E-state index in [1.54, 1.807) is 0 Å². The smallest absolute Gasteiger partial charge is 0.169 e. The van der Waals surface area contributed by atoms with Crippen LogP contribution in [0.2, 0.25) is 0 Å². The van der Waals surface area contributed by atoms with E-state index in [0.717, 1.165) is 18.1 Å². The standard InChI is InChI=1S/C15H16N2S3/c18-15(16-10-3-4-10)17-7-5-12-11(6-9-20-12)14(17)13-2-1-8-19-13/h1-2,6,8-10,14H,3-5,7H2,(H,16,18)/t14-/m1/s1.